The first-order valence-corrected chi connectivity index (χ1v) is 7.74. The highest BCUT2D eigenvalue weighted by Crippen LogP contribution is 2.43. The molecule has 0 amide bonds. The summed E-state index contributed by atoms with van der Waals surface area (Å²) in [6.07, 6.45) is 0.0908. The molecular weight excluding hydrogens is 266 g/mol. The molecule has 2 atom stereocenters. The molecule has 1 aromatic carbocycles. The second-order valence-corrected chi connectivity index (χ2v) is 7.16. The second kappa shape index (κ2) is 4.61. The number of carboxylic acids is 1. The van der Waals surface area contributed by atoms with Gasteiger partial charge in [0.1, 0.15) is 0 Å². The average Bonchev–Trinajstić information content (AvgIpc) is 2.33. The summed E-state index contributed by atoms with van der Waals surface area (Å²) in [7, 11) is -3.33. The van der Waals surface area contributed by atoms with Crippen LogP contribution in [0.5, 0.6) is 0 Å². The van der Waals surface area contributed by atoms with Crippen LogP contribution in [0.4, 0.5) is 0 Å². The fraction of sp³-hybridized carbons (Fsp3) is 0.462. The van der Waals surface area contributed by atoms with Crippen molar-refractivity contribution < 1.29 is 18.3 Å². The van der Waals surface area contributed by atoms with Gasteiger partial charge in [-0.05, 0) is 25.0 Å². The van der Waals surface area contributed by atoms with Gasteiger partial charge >= 0.3 is 5.97 Å². The van der Waals surface area contributed by atoms with Crippen LogP contribution >= 0.6 is 0 Å². The number of aliphatic carboxylic acids is 1. The zero-order chi connectivity index (χ0) is 14.3. The first kappa shape index (κ1) is 14.0. The lowest BCUT2D eigenvalue weighted by Gasteiger charge is -2.40. The topological polar surface area (TPSA) is 97.5 Å². The molecule has 0 radical (unpaired) electrons. The lowest BCUT2D eigenvalue weighted by atomic mass is 9.70. The van der Waals surface area contributed by atoms with Crippen LogP contribution in [0.15, 0.2) is 29.2 Å². The van der Waals surface area contributed by atoms with Gasteiger partial charge in [0.15, 0.2) is 9.84 Å². The van der Waals surface area contributed by atoms with Crippen LogP contribution in [0.2, 0.25) is 0 Å². The lowest BCUT2D eigenvalue weighted by Crippen LogP contribution is -2.49. The standard InChI is InChI=1S/C13H17NO4S/c1-9(14)13(8-12(15)16)6-7-19(17,18)11-5-3-2-4-10(11)13/h2-5,9H,6-8,14H2,1H3,(H,15,16). The van der Waals surface area contributed by atoms with E-state index >= 15 is 0 Å². The minimum Gasteiger partial charge on any atom is -0.481 e. The van der Waals surface area contributed by atoms with Gasteiger partial charge in [0.2, 0.25) is 0 Å². The Bertz CT molecular complexity index is 609. The maximum absolute atomic E-state index is 12.1. The molecule has 1 aliphatic heterocycles. The van der Waals surface area contributed by atoms with Gasteiger partial charge in [-0.1, -0.05) is 18.2 Å². The number of nitrogens with two attached hydrogens (primary N) is 1. The summed E-state index contributed by atoms with van der Waals surface area (Å²) in [4.78, 5) is 11.4. The molecule has 1 heterocycles. The Balaban J connectivity index is 2.68. The van der Waals surface area contributed by atoms with Crippen LogP contribution in [-0.2, 0) is 20.0 Å². The Morgan fingerprint density at radius 3 is 2.68 bits per heavy atom. The Morgan fingerprint density at radius 1 is 1.47 bits per heavy atom. The van der Waals surface area contributed by atoms with Gasteiger partial charge < -0.3 is 10.8 Å². The van der Waals surface area contributed by atoms with E-state index in [0.717, 1.165) is 0 Å². The molecule has 0 aromatic heterocycles. The highest BCUT2D eigenvalue weighted by molar-refractivity contribution is 7.91. The van der Waals surface area contributed by atoms with Crippen LogP contribution in [0.1, 0.15) is 25.3 Å². The summed E-state index contributed by atoms with van der Waals surface area (Å²) in [6, 6.07) is 6.15. The second-order valence-electron chi connectivity index (χ2n) is 5.08. The number of hydrogen-bond acceptors (Lipinski definition) is 4. The third-order valence-corrected chi connectivity index (χ3v) is 5.68. The van der Waals surface area contributed by atoms with Crippen LogP contribution in [0.25, 0.3) is 0 Å². The number of rotatable bonds is 3. The molecule has 5 nitrogen and oxygen atoms in total. The third-order valence-electron chi connectivity index (χ3n) is 3.91. The molecule has 2 rings (SSSR count). The van der Waals surface area contributed by atoms with E-state index in [-0.39, 0.29) is 23.5 Å². The molecule has 0 bridgehead atoms. The van der Waals surface area contributed by atoms with Crippen molar-refractivity contribution in [2.24, 2.45) is 5.73 Å². The zero-order valence-corrected chi connectivity index (χ0v) is 11.5. The minimum absolute atomic E-state index is 0.0567. The van der Waals surface area contributed by atoms with Gasteiger partial charge in [-0.3, -0.25) is 4.79 Å². The van der Waals surface area contributed by atoms with Crippen LogP contribution in [-0.4, -0.2) is 31.3 Å². The molecular formula is C13H17NO4S. The first-order valence-electron chi connectivity index (χ1n) is 6.09. The van der Waals surface area contributed by atoms with E-state index in [4.69, 9.17) is 10.8 Å². The molecule has 0 saturated carbocycles. The fourth-order valence-corrected chi connectivity index (χ4v) is 4.54. The molecule has 104 valence electrons. The zero-order valence-electron chi connectivity index (χ0n) is 10.7. The van der Waals surface area contributed by atoms with Crippen molar-refractivity contribution in [3.63, 3.8) is 0 Å². The Labute approximate surface area is 112 Å². The number of hydrogen-bond donors (Lipinski definition) is 2. The summed E-state index contributed by atoms with van der Waals surface area (Å²) in [5.41, 5.74) is 5.72. The summed E-state index contributed by atoms with van der Waals surface area (Å²) in [5.74, 6) is -1.02. The van der Waals surface area contributed by atoms with Gasteiger partial charge in [0, 0.05) is 11.5 Å². The van der Waals surface area contributed by atoms with E-state index in [1.807, 2.05) is 0 Å². The van der Waals surface area contributed by atoms with Crippen LogP contribution < -0.4 is 5.73 Å². The van der Waals surface area contributed by atoms with Crippen LogP contribution in [0.3, 0.4) is 0 Å². The van der Waals surface area contributed by atoms with E-state index in [2.05, 4.69) is 0 Å². The molecule has 6 heteroatoms. The molecule has 0 saturated heterocycles. The van der Waals surface area contributed by atoms with Gasteiger partial charge in [-0.15, -0.1) is 0 Å². The Kier molecular flexibility index (Phi) is 3.40. The van der Waals surface area contributed by atoms with E-state index in [1.165, 1.54) is 6.07 Å². The fourth-order valence-electron chi connectivity index (χ4n) is 2.80. The van der Waals surface area contributed by atoms with Gasteiger partial charge in [0.25, 0.3) is 0 Å². The maximum Gasteiger partial charge on any atom is 0.304 e. The van der Waals surface area contributed by atoms with Crippen molar-refractivity contribution in [3.05, 3.63) is 29.8 Å². The number of fused-ring (bicyclic) bond motifs is 1. The van der Waals surface area contributed by atoms with E-state index < -0.39 is 27.3 Å². The Morgan fingerprint density at radius 2 is 2.11 bits per heavy atom. The molecule has 1 aliphatic rings. The smallest absolute Gasteiger partial charge is 0.304 e. The number of carboxylic acid groups (broad SMARTS) is 1. The average molecular weight is 283 g/mol. The normalized spacial score (nSPS) is 26.4. The van der Waals surface area contributed by atoms with Crippen molar-refractivity contribution in [1.82, 2.24) is 0 Å². The van der Waals surface area contributed by atoms with Crippen molar-refractivity contribution in [2.75, 3.05) is 5.75 Å². The summed E-state index contributed by atoms with van der Waals surface area (Å²) in [6.45, 7) is 1.73. The third kappa shape index (κ3) is 2.26. The van der Waals surface area contributed by atoms with Crippen LogP contribution in [0, 0.1) is 0 Å². The highest BCUT2D eigenvalue weighted by Gasteiger charge is 2.45. The minimum atomic E-state index is -3.33. The predicted octanol–water partition coefficient (Wildman–Crippen LogP) is 0.924. The Hall–Kier alpha value is -1.40. The largest absolute Gasteiger partial charge is 0.481 e. The van der Waals surface area contributed by atoms with Crippen molar-refractivity contribution in [1.29, 1.82) is 0 Å². The monoisotopic (exact) mass is 283 g/mol. The van der Waals surface area contributed by atoms with Gasteiger partial charge in [-0.2, -0.15) is 0 Å². The molecule has 19 heavy (non-hydrogen) atoms. The summed E-state index contributed by atoms with van der Waals surface area (Å²) >= 11 is 0. The molecule has 0 spiro atoms. The number of sulfone groups is 1. The summed E-state index contributed by atoms with van der Waals surface area (Å²) in [5, 5.41) is 9.13. The lowest BCUT2D eigenvalue weighted by molar-refractivity contribution is -0.138. The van der Waals surface area contributed by atoms with Crippen molar-refractivity contribution >= 4 is 15.8 Å². The van der Waals surface area contributed by atoms with E-state index in [0.29, 0.717) is 5.56 Å². The molecule has 0 aliphatic carbocycles. The quantitative estimate of drug-likeness (QED) is 0.859. The first-order chi connectivity index (χ1) is 8.79. The molecule has 1 aromatic rings. The van der Waals surface area contributed by atoms with E-state index in [1.54, 1.807) is 25.1 Å². The molecule has 2 unspecified atom stereocenters. The van der Waals surface area contributed by atoms with Gasteiger partial charge in [0.05, 0.1) is 17.1 Å². The SMILES string of the molecule is CC(N)C1(CC(=O)O)CCS(=O)(=O)c2ccccc21. The number of carbonyl (C=O) groups is 1. The number of benzene rings is 1. The maximum atomic E-state index is 12.1. The molecule has 0 fully saturated rings. The summed E-state index contributed by atoms with van der Waals surface area (Å²) < 4.78 is 24.2. The van der Waals surface area contributed by atoms with Gasteiger partial charge in [-0.25, -0.2) is 8.42 Å². The predicted molar refractivity (Wildman–Crippen MR) is 70.7 cm³/mol. The van der Waals surface area contributed by atoms with Crippen molar-refractivity contribution in [2.45, 2.75) is 36.1 Å². The molecule has 3 N–H and O–H groups in total. The van der Waals surface area contributed by atoms with Crippen molar-refractivity contribution in [3.8, 4) is 0 Å². The highest BCUT2D eigenvalue weighted by atomic mass is 32.2. The van der Waals surface area contributed by atoms with E-state index in [9.17, 15) is 13.2 Å².